The van der Waals surface area contributed by atoms with Gasteiger partial charge in [0.2, 0.25) is 0 Å². The third-order valence-electron chi connectivity index (χ3n) is 3.49. The van der Waals surface area contributed by atoms with Gasteiger partial charge in [0.05, 0.1) is 20.8 Å². The molecule has 0 aliphatic carbocycles. The van der Waals surface area contributed by atoms with Gasteiger partial charge in [0.15, 0.2) is 11.5 Å². The van der Waals surface area contributed by atoms with Crippen LogP contribution in [0.15, 0.2) is 23.6 Å². The highest BCUT2D eigenvalue weighted by Gasteiger charge is 2.17. The zero-order chi connectivity index (χ0) is 20.7. The third kappa shape index (κ3) is 6.12. The highest BCUT2D eigenvalue weighted by molar-refractivity contribution is 7.09. The van der Waals surface area contributed by atoms with Crippen molar-refractivity contribution in [2.24, 2.45) is 0 Å². The highest BCUT2D eigenvalue weighted by Crippen LogP contribution is 2.30. The van der Waals surface area contributed by atoms with Crippen molar-refractivity contribution >= 4 is 23.3 Å². The van der Waals surface area contributed by atoms with E-state index < -0.39 is 11.7 Å². The van der Waals surface area contributed by atoms with Crippen LogP contribution in [0.1, 0.15) is 41.8 Å². The minimum Gasteiger partial charge on any atom is -0.493 e. The van der Waals surface area contributed by atoms with E-state index in [4.69, 9.17) is 14.2 Å². The molecule has 0 unspecified atom stereocenters. The van der Waals surface area contributed by atoms with Crippen molar-refractivity contribution in [1.82, 2.24) is 15.6 Å². The molecular formula is C19H25N3O5S. The SMILES string of the molecule is COc1cccc(CNC(=O)c2csc(CNC(=O)OC(C)(C)C)n2)c1OC. The lowest BCUT2D eigenvalue weighted by molar-refractivity contribution is 0.0523. The largest absolute Gasteiger partial charge is 0.493 e. The first kappa shape index (κ1) is 21.5. The van der Waals surface area contributed by atoms with Crippen LogP contribution in [0.4, 0.5) is 4.79 Å². The average Bonchev–Trinajstić information content (AvgIpc) is 3.11. The molecular weight excluding hydrogens is 382 g/mol. The van der Waals surface area contributed by atoms with Crippen LogP contribution in [0.2, 0.25) is 0 Å². The fraction of sp³-hybridized carbons (Fsp3) is 0.421. The van der Waals surface area contributed by atoms with E-state index in [0.29, 0.717) is 16.5 Å². The molecule has 0 fully saturated rings. The van der Waals surface area contributed by atoms with Crippen LogP contribution in [0.3, 0.4) is 0 Å². The number of methoxy groups -OCH3 is 2. The first-order valence-corrected chi connectivity index (χ1v) is 9.50. The second kappa shape index (κ2) is 9.41. The Labute approximate surface area is 168 Å². The van der Waals surface area contributed by atoms with Crippen molar-refractivity contribution in [3.05, 3.63) is 39.8 Å². The van der Waals surface area contributed by atoms with Gasteiger partial charge in [-0.15, -0.1) is 11.3 Å². The molecule has 9 heteroatoms. The summed E-state index contributed by atoms with van der Waals surface area (Å²) in [7, 11) is 3.11. The maximum Gasteiger partial charge on any atom is 0.408 e. The normalized spacial score (nSPS) is 10.9. The van der Waals surface area contributed by atoms with Crippen LogP contribution in [0.5, 0.6) is 11.5 Å². The van der Waals surface area contributed by atoms with Crippen LogP contribution in [0.25, 0.3) is 0 Å². The van der Waals surface area contributed by atoms with Gasteiger partial charge in [-0.2, -0.15) is 0 Å². The quantitative estimate of drug-likeness (QED) is 0.732. The summed E-state index contributed by atoms with van der Waals surface area (Å²) in [6, 6.07) is 5.46. The molecule has 1 heterocycles. The van der Waals surface area contributed by atoms with E-state index in [2.05, 4.69) is 15.6 Å². The van der Waals surface area contributed by atoms with Crippen molar-refractivity contribution in [2.75, 3.05) is 14.2 Å². The maximum absolute atomic E-state index is 12.4. The molecule has 2 amide bonds. The number of nitrogens with one attached hydrogen (secondary N) is 2. The van der Waals surface area contributed by atoms with Crippen LogP contribution < -0.4 is 20.1 Å². The first-order chi connectivity index (χ1) is 13.2. The minimum absolute atomic E-state index is 0.191. The summed E-state index contributed by atoms with van der Waals surface area (Å²) in [5.41, 5.74) is 0.504. The van der Waals surface area contributed by atoms with E-state index in [1.807, 2.05) is 12.1 Å². The summed E-state index contributed by atoms with van der Waals surface area (Å²) in [6.07, 6.45) is -0.529. The Morgan fingerprint density at radius 2 is 1.86 bits per heavy atom. The molecule has 0 atom stereocenters. The van der Waals surface area contributed by atoms with E-state index in [0.717, 1.165) is 5.56 Å². The lowest BCUT2D eigenvalue weighted by Crippen LogP contribution is -2.32. The Kier molecular flexibility index (Phi) is 7.22. The number of carbonyl (C=O) groups excluding carboxylic acids is 2. The molecule has 0 aliphatic rings. The number of ether oxygens (including phenoxy) is 3. The first-order valence-electron chi connectivity index (χ1n) is 8.63. The molecule has 0 radical (unpaired) electrons. The lowest BCUT2D eigenvalue weighted by Gasteiger charge is -2.19. The fourth-order valence-electron chi connectivity index (χ4n) is 2.32. The summed E-state index contributed by atoms with van der Waals surface area (Å²) in [4.78, 5) is 28.3. The smallest absolute Gasteiger partial charge is 0.408 e. The predicted octanol–water partition coefficient (Wildman–Crippen LogP) is 3.12. The molecule has 28 heavy (non-hydrogen) atoms. The molecule has 0 saturated heterocycles. The molecule has 0 aliphatic heterocycles. The summed E-state index contributed by atoms with van der Waals surface area (Å²) in [5.74, 6) is 0.855. The van der Waals surface area contributed by atoms with Gasteiger partial charge in [-0.25, -0.2) is 9.78 Å². The molecule has 2 N–H and O–H groups in total. The number of benzene rings is 1. The molecule has 1 aromatic heterocycles. The fourth-order valence-corrected chi connectivity index (χ4v) is 3.03. The van der Waals surface area contributed by atoms with Crippen molar-refractivity contribution < 1.29 is 23.8 Å². The van der Waals surface area contributed by atoms with Crippen LogP contribution in [-0.2, 0) is 17.8 Å². The average molecular weight is 407 g/mol. The number of carbonyl (C=O) groups is 2. The molecule has 8 nitrogen and oxygen atoms in total. The molecule has 1 aromatic carbocycles. The van der Waals surface area contributed by atoms with Gasteiger partial charge >= 0.3 is 6.09 Å². The van der Waals surface area contributed by atoms with Gasteiger partial charge in [0, 0.05) is 17.5 Å². The highest BCUT2D eigenvalue weighted by atomic mass is 32.1. The minimum atomic E-state index is -0.570. The molecule has 0 spiro atoms. The number of para-hydroxylation sites is 1. The Balaban J connectivity index is 1.92. The van der Waals surface area contributed by atoms with Crippen molar-refractivity contribution in [3.8, 4) is 11.5 Å². The van der Waals surface area contributed by atoms with Gasteiger partial charge < -0.3 is 24.8 Å². The number of amides is 2. The van der Waals surface area contributed by atoms with E-state index in [1.54, 1.807) is 46.4 Å². The van der Waals surface area contributed by atoms with E-state index in [-0.39, 0.29) is 24.7 Å². The zero-order valence-corrected chi connectivity index (χ0v) is 17.4. The van der Waals surface area contributed by atoms with Crippen LogP contribution in [-0.4, -0.2) is 36.8 Å². The molecule has 0 bridgehead atoms. The van der Waals surface area contributed by atoms with Crippen LogP contribution in [0, 0.1) is 0 Å². The lowest BCUT2D eigenvalue weighted by atomic mass is 10.2. The van der Waals surface area contributed by atoms with E-state index >= 15 is 0 Å². The number of hydrogen-bond donors (Lipinski definition) is 2. The monoisotopic (exact) mass is 407 g/mol. The van der Waals surface area contributed by atoms with E-state index in [9.17, 15) is 9.59 Å². The van der Waals surface area contributed by atoms with Gasteiger partial charge in [-0.1, -0.05) is 12.1 Å². The summed E-state index contributed by atoms with van der Waals surface area (Å²) in [6.45, 7) is 5.82. The van der Waals surface area contributed by atoms with Crippen LogP contribution >= 0.6 is 11.3 Å². The van der Waals surface area contributed by atoms with Gasteiger partial charge in [-0.3, -0.25) is 4.79 Å². The Bertz CT molecular complexity index is 829. The Morgan fingerprint density at radius 3 is 2.50 bits per heavy atom. The van der Waals surface area contributed by atoms with Crippen molar-refractivity contribution in [2.45, 2.75) is 39.5 Å². The Morgan fingerprint density at radius 1 is 1.11 bits per heavy atom. The van der Waals surface area contributed by atoms with Gasteiger partial charge in [0.25, 0.3) is 5.91 Å². The van der Waals surface area contributed by atoms with Crippen molar-refractivity contribution in [3.63, 3.8) is 0 Å². The molecule has 0 saturated carbocycles. The molecule has 2 rings (SSSR count). The Hall–Kier alpha value is -2.81. The van der Waals surface area contributed by atoms with E-state index in [1.165, 1.54) is 11.3 Å². The topological polar surface area (TPSA) is 98.8 Å². The number of aromatic nitrogens is 1. The summed E-state index contributed by atoms with van der Waals surface area (Å²) < 4.78 is 15.8. The number of thiazole rings is 1. The third-order valence-corrected chi connectivity index (χ3v) is 4.34. The number of rotatable bonds is 7. The van der Waals surface area contributed by atoms with Gasteiger partial charge in [0.1, 0.15) is 16.3 Å². The summed E-state index contributed by atoms with van der Waals surface area (Å²) in [5, 5.41) is 7.68. The number of alkyl carbamates (subject to hydrolysis) is 1. The predicted molar refractivity (Wildman–Crippen MR) is 106 cm³/mol. The second-order valence-corrected chi connectivity index (χ2v) is 7.76. The molecule has 152 valence electrons. The molecule has 2 aromatic rings. The zero-order valence-electron chi connectivity index (χ0n) is 16.6. The van der Waals surface area contributed by atoms with Crippen molar-refractivity contribution in [1.29, 1.82) is 0 Å². The summed E-state index contributed by atoms with van der Waals surface area (Å²) >= 11 is 1.29. The number of nitrogens with zero attached hydrogens (tertiary/aromatic N) is 1. The number of hydrogen-bond acceptors (Lipinski definition) is 7. The standard InChI is InChI=1S/C19H25N3O5S/c1-19(2,3)27-18(24)21-10-15-22-13(11-28-15)17(23)20-9-12-7-6-8-14(25-4)16(12)26-5/h6-8,11H,9-10H2,1-5H3,(H,20,23)(H,21,24). The second-order valence-electron chi connectivity index (χ2n) is 6.82. The maximum atomic E-state index is 12.4. The van der Waals surface area contributed by atoms with Gasteiger partial charge in [-0.05, 0) is 26.8 Å².